The van der Waals surface area contributed by atoms with Crippen molar-refractivity contribution in [1.82, 2.24) is 5.32 Å². The van der Waals surface area contributed by atoms with E-state index in [0.29, 0.717) is 83.9 Å². The van der Waals surface area contributed by atoms with Crippen LogP contribution in [0.3, 0.4) is 0 Å². The lowest BCUT2D eigenvalue weighted by Gasteiger charge is -2.28. The van der Waals surface area contributed by atoms with Crippen LogP contribution in [-0.4, -0.2) is 96.4 Å². The van der Waals surface area contributed by atoms with Crippen molar-refractivity contribution in [1.29, 1.82) is 0 Å². The highest BCUT2D eigenvalue weighted by Gasteiger charge is 2.27. The van der Waals surface area contributed by atoms with Crippen LogP contribution in [0.4, 0.5) is 0 Å². The fourth-order valence-corrected chi connectivity index (χ4v) is 4.61. The number of hydrogen-bond acceptors (Lipinski definition) is 11. The van der Waals surface area contributed by atoms with Crippen LogP contribution in [0.5, 0.6) is 5.75 Å². The minimum Gasteiger partial charge on any atom is -0.490 e. The summed E-state index contributed by atoms with van der Waals surface area (Å²) in [4.78, 5) is 11.9. The topological polar surface area (TPSA) is 137 Å². The summed E-state index contributed by atoms with van der Waals surface area (Å²) < 4.78 is 33.2. The van der Waals surface area contributed by atoms with Crippen LogP contribution in [0.15, 0.2) is 24.3 Å². The van der Waals surface area contributed by atoms with Gasteiger partial charge < -0.3 is 45.2 Å². The first-order valence-electron chi connectivity index (χ1n) is 11.6. The van der Waals surface area contributed by atoms with Gasteiger partial charge in [-0.1, -0.05) is 27.7 Å². The van der Waals surface area contributed by atoms with Crippen molar-refractivity contribution in [2.75, 3.05) is 85.5 Å². The van der Waals surface area contributed by atoms with Gasteiger partial charge >= 0.3 is 0 Å². The number of nitrogens with one attached hydrogen (secondary N) is 1. The molecule has 0 bridgehead atoms. The van der Waals surface area contributed by atoms with Gasteiger partial charge in [-0.15, -0.1) is 0 Å². The van der Waals surface area contributed by atoms with Crippen molar-refractivity contribution in [3.63, 3.8) is 0 Å². The highest BCUT2D eigenvalue weighted by atomic mass is 33.1. The predicted octanol–water partition coefficient (Wildman–Crippen LogP) is 1.87. The fourth-order valence-electron chi connectivity index (χ4n) is 2.67. The molecule has 0 saturated heterocycles. The maximum atomic E-state index is 12.5. The van der Waals surface area contributed by atoms with Gasteiger partial charge in [0.05, 0.1) is 53.0 Å². The molecule has 1 rings (SSSR count). The third-order valence-corrected chi connectivity index (χ3v) is 6.69. The molecule has 10 nitrogen and oxygen atoms in total. The second kappa shape index (κ2) is 21.0. The van der Waals surface area contributed by atoms with E-state index >= 15 is 0 Å². The third kappa shape index (κ3) is 16.3. The number of carbonyl (C=O) groups is 1. The van der Waals surface area contributed by atoms with E-state index in [-0.39, 0.29) is 12.6 Å². The third-order valence-electron chi connectivity index (χ3n) is 4.38. The number of nitrogens with two attached hydrogens (primary N) is 2. The molecule has 5 N–H and O–H groups in total. The molecule has 0 aliphatic rings. The average Bonchev–Trinajstić information content (AvgIpc) is 2.86. The molecule has 0 fully saturated rings. The molecule has 35 heavy (non-hydrogen) atoms. The predicted molar refractivity (Wildman–Crippen MR) is 141 cm³/mol. The van der Waals surface area contributed by atoms with Crippen LogP contribution < -0.4 is 21.5 Å². The molecule has 1 amide bonds. The Balaban J connectivity index is 2.27. The highest BCUT2D eigenvalue weighted by Crippen LogP contribution is 2.35. The summed E-state index contributed by atoms with van der Waals surface area (Å²) in [7, 11) is 3.15. The SMILES string of the molecule is CSSC(C)(COc1cccc(C(=O)NCCOCCOCCOCCCN)c1)OCCOCN. The van der Waals surface area contributed by atoms with Gasteiger partial charge in [0.2, 0.25) is 0 Å². The highest BCUT2D eigenvalue weighted by molar-refractivity contribution is 8.76. The standard InChI is InChI=1S/C23H41N3O7S2/c1-23(35-34-2,33-16-15-31-19-25)18-32-21-6-3-5-20(17-21)22(27)26-8-10-29-12-14-30-13-11-28-9-4-7-24/h3,5-6,17H,4,7-16,18-19,24-25H2,1-2H3,(H,26,27). The Labute approximate surface area is 216 Å². The lowest BCUT2D eigenvalue weighted by molar-refractivity contribution is -0.0233. The summed E-state index contributed by atoms with van der Waals surface area (Å²) in [5.41, 5.74) is 11.2. The van der Waals surface area contributed by atoms with Gasteiger partial charge in [0.1, 0.15) is 12.4 Å². The van der Waals surface area contributed by atoms with Crippen LogP contribution >= 0.6 is 21.6 Å². The molecule has 0 aliphatic carbocycles. The van der Waals surface area contributed by atoms with Gasteiger partial charge in [0.15, 0.2) is 4.93 Å². The monoisotopic (exact) mass is 535 g/mol. The van der Waals surface area contributed by atoms with Crippen LogP contribution in [0.2, 0.25) is 0 Å². The zero-order valence-corrected chi connectivity index (χ0v) is 22.5. The molecule has 0 aromatic heterocycles. The van der Waals surface area contributed by atoms with Gasteiger partial charge in [0.25, 0.3) is 5.91 Å². The van der Waals surface area contributed by atoms with E-state index in [9.17, 15) is 4.79 Å². The summed E-state index contributed by atoms with van der Waals surface area (Å²) in [5, 5.41) is 2.84. The van der Waals surface area contributed by atoms with Crippen molar-refractivity contribution < 1.29 is 33.2 Å². The molecular formula is C23H41N3O7S2. The van der Waals surface area contributed by atoms with Gasteiger partial charge in [0, 0.05) is 18.7 Å². The van der Waals surface area contributed by atoms with E-state index in [4.69, 9.17) is 39.9 Å². The molecule has 202 valence electrons. The molecule has 0 spiro atoms. The van der Waals surface area contributed by atoms with E-state index in [1.54, 1.807) is 39.8 Å². The van der Waals surface area contributed by atoms with Crippen LogP contribution in [0.1, 0.15) is 23.7 Å². The summed E-state index contributed by atoms with van der Waals surface area (Å²) in [5.74, 6) is 0.397. The average molecular weight is 536 g/mol. The summed E-state index contributed by atoms with van der Waals surface area (Å²) in [6, 6.07) is 7.04. The second-order valence-electron chi connectivity index (χ2n) is 7.36. The van der Waals surface area contributed by atoms with Crippen LogP contribution in [-0.2, 0) is 23.7 Å². The lowest BCUT2D eigenvalue weighted by Crippen LogP contribution is -2.33. The molecule has 1 aromatic carbocycles. The van der Waals surface area contributed by atoms with Crippen LogP contribution in [0.25, 0.3) is 0 Å². The Morgan fingerprint density at radius 1 is 0.971 bits per heavy atom. The largest absolute Gasteiger partial charge is 0.490 e. The van der Waals surface area contributed by atoms with E-state index in [0.717, 1.165) is 6.42 Å². The Kier molecular flexibility index (Phi) is 19.2. The first kappa shape index (κ1) is 31.9. The van der Waals surface area contributed by atoms with E-state index in [1.165, 1.54) is 0 Å². The van der Waals surface area contributed by atoms with Crippen molar-refractivity contribution in [2.24, 2.45) is 11.5 Å². The molecular weight excluding hydrogens is 494 g/mol. The molecule has 0 radical (unpaired) electrons. The van der Waals surface area contributed by atoms with Crippen molar-refractivity contribution in [3.8, 4) is 5.75 Å². The molecule has 1 unspecified atom stereocenters. The molecule has 1 atom stereocenters. The minimum atomic E-state index is -0.575. The molecule has 0 aliphatic heterocycles. The normalized spacial score (nSPS) is 12.9. The van der Waals surface area contributed by atoms with E-state index in [2.05, 4.69) is 5.32 Å². The fraction of sp³-hybridized carbons (Fsp3) is 0.696. The quantitative estimate of drug-likeness (QED) is 0.108. The minimum absolute atomic E-state index is 0.160. The maximum Gasteiger partial charge on any atom is 0.251 e. The first-order chi connectivity index (χ1) is 17.0. The van der Waals surface area contributed by atoms with Gasteiger partial charge in [-0.25, -0.2) is 0 Å². The molecule has 0 saturated carbocycles. The number of carbonyl (C=O) groups excluding carboxylic acids is 1. The Morgan fingerprint density at radius 2 is 1.66 bits per heavy atom. The van der Waals surface area contributed by atoms with Crippen LogP contribution in [0, 0.1) is 0 Å². The Hall–Kier alpha value is -1.09. The van der Waals surface area contributed by atoms with Crippen molar-refractivity contribution >= 4 is 27.5 Å². The number of benzene rings is 1. The van der Waals surface area contributed by atoms with E-state index < -0.39 is 4.93 Å². The summed E-state index contributed by atoms with van der Waals surface area (Å²) >= 11 is 0. The number of amides is 1. The second-order valence-corrected chi connectivity index (χ2v) is 10.2. The number of ether oxygens (including phenoxy) is 6. The smallest absolute Gasteiger partial charge is 0.251 e. The van der Waals surface area contributed by atoms with E-state index in [1.807, 2.05) is 19.2 Å². The zero-order chi connectivity index (χ0) is 25.6. The summed E-state index contributed by atoms with van der Waals surface area (Å²) in [6.07, 6.45) is 2.83. The molecule has 1 aromatic rings. The molecule has 0 heterocycles. The van der Waals surface area contributed by atoms with Crippen molar-refractivity contribution in [2.45, 2.75) is 18.3 Å². The summed E-state index contributed by atoms with van der Waals surface area (Å²) in [6.45, 7) is 7.32. The number of rotatable bonds is 23. The molecule has 12 heteroatoms. The number of hydrogen-bond donors (Lipinski definition) is 3. The Morgan fingerprint density at radius 3 is 2.34 bits per heavy atom. The zero-order valence-electron chi connectivity index (χ0n) is 20.8. The maximum absolute atomic E-state index is 12.5. The van der Waals surface area contributed by atoms with Gasteiger partial charge in [-0.2, -0.15) is 0 Å². The van der Waals surface area contributed by atoms with Gasteiger partial charge in [-0.3, -0.25) is 4.79 Å². The van der Waals surface area contributed by atoms with Gasteiger partial charge in [-0.05, 0) is 44.3 Å². The Bertz CT molecular complexity index is 676. The lowest BCUT2D eigenvalue weighted by atomic mass is 10.2. The van der Waals surface area contributed by atoms with Crippen molar-refractivity contribution in [3.05, 3.63) is 29.8 Å². The first-order valence-corrected chi connectivity index (χ1v) is 14.2.